The van der Waals surface area contributed by atoms with E-state index in [1.165, 1.54) is 7.11 Å². The number of carbonyl (C=O) groups is 1. The summed E-state index contributed by atoms with van der Waals surface area (Å²) < 4.78 is 10.3. The van der Waals surface area contributed by atoms with Gasteiger partial charge in [-0.05, 0) is 36.2 Å². The van der Waals surface area contributed by atoms with Gasteiger partial charge in [0.1, 0.15) is 12.4 Å². The molecule has 0 saturated heterocycles. The first kappa shape index (κ1) is 13.9. The van der Waals surface area contributed by atoms with E-state index in [4.69, 9.17) is 10.5 Å². The Morgan fingerprint density at radius 3 is 2.50 bits per heavy atom. The number of hydrogen-bond acceptors (Lipinski definition) is 4. The fraction of sp³-hybridized carbons (Fsp3) is 0.188. The Hall–Kier alpha value is -2.49. The van der Waals surface area contributed by atoms with Crippen molar-refractivity contribution in [3.63, 3.8) is 0 Å². The molecule has 0 radical (unpaired) electrons. The summed E-state index contributed by atoms with van der Waals surface area (Å²) >= 11 is 0. The smallest absolute Gasteiger partial charge is 0.337 e. The van der Waals surface area contributed by atoms with E-state index in [9.17, 15) is 4.79 Å². The van der Waals surface area contributed by atoms with Crippen molar-refractivity contribution in [3.05, 3.63) is 59.2 Å². The van der Waals surface area contributed by atoms with E-state index in [2.05, 4.69) is 4.74 Å². The molecule has 0 unspecified atom stereocenters. The highest BCUT2D eigenvalue weighted by atomic mass is 16.5. The molecule has 104 valence electrons. The minimum atomic E-state index is -0.347. The predicted octanol–water partition coefficient (Wildman–Crippen LogP) is 2.94. The van der Waals surface area contributed by atoms with Crippen molar-refractivity contribution >= 4 is 11.7 Å². The summed E-state index contributed by atoms with van der Waals surface area (Å²) in [5, 5.41) is 0. The molecule has 4 nitrogen and oxygen atoms in total. The number of aryl methyl sites for hydroxylation is 1. The first-order valence-electron chi connectivity index (χ1n) is 6.27. The molecule has 0 saturated carbocycles. The Balaban J connectivity index is 2.04. The average molecular weight is 271 g/mol. The molecule has 2 rings (SSSR count). The quantitative estimate of drug-likeness (QED) is 0.686. The molecule has 0 aliphatic heterocycles. The number of methoxy groups -OCH3 is 1. The molecule has 20 heavy (non-hydrogen) atoms. The molecule has 4 heteroatoms. The van der Waals surface area contributed by atoms with Crippen LogP contribution in [0.15, 0.2) is 42.5 Å². The third kappa shape index (κ3) is 3.09. The highest BCUT2D eigenvalue weighted by Crippen LogP contribution is 2.25. The van der Waals surface area contributed by atoms with Crippen LogP contribution in [0.1, 0.15) is 21.5 Å². The van der Waals surface area contributed by atoms with Gasteiger partial charge in [0.15, 0.2) is 0 Å². The summed E-state index contributed by atoms with van der Waals surface area (Å²) in [6.45, 7) is 2.34. The standard InChI is InChI=1S/C16H17NO3/c1-11-4-3-5-14(15(11)17)20-10-12-6-8-13(9-7-12)16(18)19-2/h3-9H,10,17H2,1-2H3. The number of anilines is 1. The highest BCUT2D eigenvalue weighted by Gasteiger charge is 2.06. The third-order valence-electron chi connectivity index (χ3n) is 3.05. The highest BCUT2D eigenvalue weighted by molar-refractivity contribution is 5.89. The van der Waals surface area contributed by atoms with Gasteiger partial charge in [-0.2, -0.15) is 0 Å². The Morgan fingerprint density at radius 1 is 1.15 bits per heavy atom. The molecule has 0 amide bonds. The SMILES string of the molecule is COC(=O)c1ccc(COc2cccc(C)c2N)cc1. The lowest BCUT2D eigenvalue weighted by atomic mass is 10.1. The van der Waals surface area contributed by atoms with E-state index < -0.39 is 0 Å². The van der Waals surface area contributed by atoms with Crippen LogP contribution in [-0.4, -0.2) is 13.1 Å². The van der Waals surface area contributed by atoms with Crippen LogP contribution in [-0.2, 0) is 11.3 Å². The largest absolute Gasteiger partial charge is 0.487 e. The molecule has 0 spiro atoms. The summed E-state index contributed by atoms with van der Waals surface area (Å²) in [4.78, 5) is 11.3. The molecule has 0 atom stereocenters. The maximum atomic E-state index is 11.3. The molecule has 0 heterocycles. The van der Waals surface area contributed by atoms with Crippen molar-refractivity contribution in [1.29, 1.82) is 0 Å². The van der Waals surface area contributed by atoms with Crippen LogP contribution in [0.2, 0.25) is 0 Å². The minimum absolute atomic E-state index is 0.347. The Bertz CT molecular complexity index is 606. The number of carbonyl (C=O) groups excluding carboxylic acids is 1. The van der Waals surface area contributed by atoms with Crippen LogP contribution in [0.5, 0.6) is 5.75 Å². The van der Waals surface area contributed by atoms with Crippen molar-refractivity contribution in [1.82, 2.24) is 0 Å². The van der Waals surface area contributed by atoms with Gasteiger partial charge in [-0.15, -0.1) is 0 Å². The zero-order valence-electron chi connectivity index (χ0n) is 11.6. The Kier molecular flexibility index (Phi) is 4.25. The number of ether oxygens (including phenoxy) is 2. The van der Waals surface area contributed by atoms with Crippen molar-refractivity contribution in [2.24, 2.45) is 0 Å². The first-order valence-corrected chi connectivity index (χ1v) is 6.27. The van der Waals surface area contributed by atoms with E-state index in [0.29, 0.717) is 23.6 Å². The number of hydrogen-bond donors (Lipinski definition) is 1. The number of esters is 1. The number of rotatable bonds is 4. The second kappa shape index (κ2) is 6.10. The Morgan fingerprint density at radius 2 is 1.85 bits per heavy atom. The first-order chi connectivity index (χ1) is 9.61. The molecule has 2 aromatic carbocycles. The predicted molar refractivity (Wildman–Crippen MR) is 77.7 cm³/mol. The van der Waals surface area contributed by atoms with Crippen LogP contribution in [0.3, 0.4) is 0 Å². The van der Waals surface area contributed by atoms with Crippen LogP contribution in [0.4, 0.5) is 5.69 Å². The van der Waals surface area contributed by atoms with E-state index in [-0.39, 0.29) is 5.97 Å². The molecule has 0 aromatic heterocycles. The minimum Gasteiger partial charge on any atom is -0.487 e. The summed E-state index contributed by atoms with van der Waals surface area (Å²) in [6.07, 6.45) is 0. The van der Waals surface area contributed by atoms with Gasteiger partial charge in [-0.1, -0.05) is 24.3 Å². The van der Waals surface area contributed by atoms with Crippen molar-refractivity contribution in [3.8, 4) is 5.75 Å². The summed E-state index contributed by atoms with van der Waals surface area (Å²) in [5.74, 6) is 0.322. The number of benzene rings is 2. The van der Waals surface area contributed by atoms with E-state index in [0.717, 1.165) is 11.1 Å². The molecule has 2 N–H and O–H groups in total. The maximum Gasteiger partial charge on any atom is 0.337 e. The van der Waals surface area contributed by atoms with Gasteiger partial charge in [-0.3, -0.25) is 0 Å². The lowest BCUT2D eigenvalue weighted by Gasteiger charge is -2.10. The fourth-order valence-electron chi connectivity index (χ4n) is 1.80. The lowest BCUT2D eigenvalue weighted by molar-refractivity contribution is 0.0600. The summed E-state index contributed by atoms with van der Waals surface area (Å²) in [6, 6.07) is 12.8. The molecule has 0 bridgehead atoms. The molecular weight excluding hydrogens is 254 g/mol. The van der Waals surface area contributed by atoms with Crippen molar-refractivity contribution in [2.45, 2.75) is 13.5 Å². The van der Waals surface area contributed by atoms with Crippen LogP contribution < -0.4 is 10.5 Å². The van der Waals surface area contributed by atoms with Crippen LogP contribution in [0.25, 0.3) is 0 Å². The van der Waals surface area contributed by atoms with Crippen molar-refractivity contribution < 1.29 is 14.3 Å². The van der Waals surface area contributed by atoms with Gasteiger partial charge in [-0.25, -0.2) is 4.79 Å². The van der Waals surface area contributed by atoms with Crippen LogP contribution in [0, 0.1) is 6.92 Å². The lowest BCUT2D eigenvalue weighted by Crippen LogP contribution is -2.03. The molecule has 0 fully saturated rings. The van der Waals surface area contributed by atoms with E-state index in [1.54, 1.807) is 12.1 Å². The van der Waals surface area contributed by atoms with E-state index >= 15 is 0 Å². The topological polar surface area (TPSA) is 61.5 Å². The Labute approximate surface area is 118 Å². The maximum absolute atomic E-state index is 11.3. The fourth-order valence-corrected chi connectivity index (χ4v) is 1.80. The monoisotopic (exact) mass is 271 g/mol. The van der Waals surface area contributed by atoms with E-state index in [1.807, 2.05) is 37.3 Å². The second-order valence-corrected chi connectivity index (χ2v) is 4.46. The zero-order chi connectivity index (χ0) is 14.5. The van der Waals surface area contributed by atoms with Gasteiger partial charge in [0, 0.05) is 0 Å². The average Bonchev–Trinajstić information content (AvgIpc) is 2.48. The molecule has 2 aromatic rings. The van der Waals surface area contributed by atoms with Gasteiger partial charge < -0.3 is 15.2 Å². The van der Waals surface area contributed by atoms with Gasteiger partial charge in [0.2, 0.25) is 0 Å². The molecule has 0 aliphatic carbocycles. The van der Waals surface area contributed by atoms with Gasteiger partial charge in [0.05, 0.1) is 18.4 Å². The van der Waals surface area contributed by atoms with Gasteiger partial charge in [0.25, 0.3) is 0 Å². The summed E-state index contributed by atoms with van der Waals surface area (Å²) in [5.41, 5.74) is 9.06. The van der Waals surface area contributed by atoms with Gasteiger partial charge >= 0.3 is 5.97 Å². The van der Waals surface area contributed by atoms with Crippen molar-refractivity contribution in [2.75, 3.05) is 12.8 Å². The zero-order valence-corrected chi connectivity index (χ0v) is 11.6. The third-order valence-corrected chi connectivity index (χ3v) is 3.05. The molecule has 0 aliphatic rings. The van der Waals surface area contributed by atoms with Crippen LogP contribution >= 0.6 is 0 Å². The normalized spacial score (nSPS) is 10.1. The number of nitrogens with two attached hydrogens (primary N) is 1. The number of para-hydroxylation sites is 1. The second-order valence-electron chi connectivity index (χ2n) is 4.46. The summed E-state index contributed by atoms with van der Waals surface area (Å²) in [7, 11) is 1.36. The molecular formula is C16H17NO3. The number of nitrogen functional groups attached to an aromatic ring is 1.